The minimum Gasteiger partial charge on any atom is -0.444 e. The number of piperidine rings is 1. The third kappa shape index (κ3) is 5.52. The van der Waals surface area contributed by atoms with Crippen LogP contribution >= 0.6 is 0 Å². The van der Waals surface area contributed by atoms with Crippen LogP contribution in [-0.2, 0) is 21.1 Å². The first-order valence-corrected chi connectivity index (χ1v) is 13.0. The Balaban J connectivity index is 1.39. The lowest BCUT2D eigenvalue weighted by Gasteiger charge is -2.33. The molecule has 3 aromatic rings. The van der Waals surface area contributed by atoms with Gasteiger partial charge in [-0.2, -0.15) is 0 Å². The molecule has 1 aromatic carbocycles. The molecule has 0 atom stereocenters. The molecule has 0 aliphatic carbocycles. The van der Waals surface area contributed by atoms with Gasteiger partial charge in [-0.3, -0.25) is 0 Å². The van der Waals surface area contributed by atoms with Crippen LogP contribution < -0.4 is 0 Å². The largest absolute Gasteiger partial charge is 0.444 e. The quantitative estimate of drug-likeness (QED) is 0.572. The summed E-state index contributed by atoms with van der Waals surface area (Å²) in [7, 11) is -3.24. The topological polar surface area (TPSA) is 94.4 Å². The Morgan fingerprint density at radius 2 is 1.79 bits per heavy atom. The van der Waals surface area contributed by atoms with Crippen molar-refractivity contribution in [3.63, 3.8) is 0 Å². The van der Waals surface area contributed by atoms with E-state index in [-0.39, 0.29) is 6.09 Å². The number of sulfone groups is 1. The number of aromatic nitrogens is 3. The predicted molar refractivity (Wildman–Crippen MR) is 126 cm³/mol. The van der Waals surface area contributed by atoms with E-state index in [2.05, 4.69) is 9.97 Å². The summed E-state index contributed by atoms with van der Waals surface area (Å²) < 4.78 is 31.1. The molecule has 33 heavy (non-hydrogen) atoms. The van der Waals surface area contributed by atoms with Crippen molar-refractivity contribution in [1.82, 2.24) is 19.4 Å². The summed E-state index contributed by atoms with van der Waals surface area (Å²) >= 11 is 0. The van der Waals surface area contributed by atoms with Crippen molar-refractivity contribution in [1.29, 1.82) is 0 Å². The Kier molecular flexibility index (Phi) is 6.18. The van der Waals surface area contributed by atoms with Gasteiger partial charge in [0, 0.05) is 48.8 Å². The molecule has 1 fully saturated rings. The van der Waals surface area contributed by atoms with Gasteiger partial charge in [-0.05, 0) is 69.4 Å². The van der Waals surface area contributed by atoms with Crippen molar-refractivity contribution in [2.75, 3.05) is 19.3 Å². The van der Waals surface area contributed by atoms with E-state index in [4.69, 9.17) is 4.74 Å². The molecule has 0 radical (unpaired) electrons. The zero-order valence-electron chi connectivity index (χ0n) is 19.5. The number of nitrogens with zero attached hydrogens (tertiary/aromatic N) is 4. The average molecular weight is 471 g/mol. The summed E-state index contributed by atoms with van der Waals surface area (Å²) in [4.78, 5) is 23.5. The van der Waals surface area contributed by atoms with Crippen LogP contribution in [0.1, 0.15) is 50.9 Å². The fourth-order valence-electron chi connectivity index (χ4n) is 4.08. The lowest BCUT2D eigenvalue weighted by atomic mass is 9.91. The molecule has 1 aliphatic heterocycles. The molecule has 0 unspecified atom stereocenters. The van der Waals surface area contributed by atoms with Gasteiger partial charge < -0.3 is 14.2 Å². The smallest absolute Gasteiger partial charge is 0.410 e. The van der Waals surface area contributed by atoms with Gasteiger partial charge in [-0.1, -0.05) is 0 Å². The van der Waals surface area contributed by atoms with E-state index in [0.717, 1.165) is 29.3 Å². The predicted octanol–water partition coefficient (Wildman–Crippen LogP) is 4.00. The first kappa shape index (κ1) is 23.2. The molecule has 0 N–H and O–H groups in total. The van der Waals surface area contributed by atoms with Gasteiger partial charge in [0.15, 0.2) is 9.84 Å². The lowest BCUT2D eigenvalue weighted by molar-refractivity contribution is 0.0204. The van der Waals surface area contributed by atoms with Crippen molar-refractivity contribution in [2.45, 2.75) is 56.6 Å². The van der Waals surface area contributed by atoms with Crippen LogP contribution in [-0.4, -0.2) is 58.9 Å². The number of rotatable bonds is 4. The highest BCUT2D eigenvalue weighted by molar-refractivity contribution is 7.90. The molecule has 4 rings (SSSR count). The van der Waals surface area contributed by atoms with Crippen LogP contribution in [0.4, 0.5) is 4.79 Å². The normalized spacial score (nSPS) is 15.7. The number of benzene rings is 1. The second-order valence-electron chi connectivity index (χ2n) is 9.61. The molecular weight excluding hydrogens is 440 g/mol. The van der Waals surface area contributed by atoms with Crippen molar-refractivity contribution in [3.8, 4) is 0 Å². The summed E-state index contributed by atoms with van der Waals surface area (Å²) in [5.41, 5.74) is 1.53. The maximum atomic E-state index is 12.3. The summed E-state index contributed by atoms with van der Waals surface area (Å²) in [5.74, 6) is 1.01. The van der Waals surface area contributed by atoms with Gasteiger partial charge in [0.05, 0.1) is 11.4 Å². The van der Waals surface area contributed by atoms with Crippen LogP contribution in [0.3, 0.4) is 0 Å². The Morgan fingerprint density at radius 1 is 1.12 bits per heavy atom. The average Bonchev–Trinajstić information content (AvgIpc) is 3.15. The number of carbonyl (C=O) groups is 1. The van der Waals surface area contributed by atoms with Crippen molar-refractivity contribution in [3.05, 3.63) is 54.2 Å². The summed E-state index contributed by atoms with van der Waals surface area (Å²) in [6, 6.07) is 7.03. The van der Waals surface area contributed by atoms with E-state index in [1.807, 2.05) is 56.1 Å². The molecule has 176 valence electrons. The van der Waals surface area contributed by atoms with Gasteiger partial charge in [0.25, 0.3) is 0 Å². The fourth-order valence-corrected chi connectivity index (χ4v) is 4.73. The number of likely N-dealkylation sites (tertiary alicyclic amines) is 1. The summed E-state index contributed by atoms with van der Waals surface area (Å²) in [5, 5.41) is 0.867. The third-order valence-electron chi connectivity index (χ3n) is 5.83. The Bertz CT molecular complexity index is 1250. The maximum absolute atomic E-state index is 12.3. The highest BCUT2D eigenvalue weighted by atomic mass is 32.2. The molecular formula is C24H30N4O4S. The van der Waals surface area contributed by atoms with E-state index < -0.39 is 15.4 Å². The van der Waals surface area contributed by atoms with Crippen LogP contribution in [0.25, 0.3) is 10.9 Å². The maximum Gasteiger partial charge on any atom is 0.410 e. The molecule has 3 heterocycles. The van der Waals surface area contributed by atoms with E-state index in [1.165, 1.54) is 6.26 Å². The van der Waals surface area contributed by atoms with Gasteiger partial charge in [0.1, 0.15) is 11.4 Å². The van der Waals surface area contributed by atoms with Crippen LogP contribution in [0.2, 0.25) is 0 Å². The lowest BCUT2D eigenvalue weighted by Crippen LogP contribution is -2.41. The second-order valence-corrected chi connectivity index (χ2v) is 11.6. The third-order valence-corrected chi connectivity index (χ3v) is 6.94. The van der Waals surface area contributed by atoms with E-state index in [1.54, 1.807) is 17.0 Å². The molecule has 0 bridgehead atoms. The molecule has 1 amide bonds. The molecule has 0 saturated carbocycles. The van der Waals surface area contributed by atoms with Gasteiger partial charge in [-0.15, -0.1) is 0 Å². The second kappa shape index (κ2) is 8.78. The molecule has 0 spiro atoms. The number of hydrogen-bond donors (Lipinski definition) is 0. The molecule has 1 aliphatic rings. The highest BCUT2D eigenvalue weighted by Crippen LogP contribution is 2.28. The standard InChI is InChI=1S/C24H30N4O4S/c1-24(2,3)32-23(29)27-10-7-17(8-11-27)19-14-25-22(26-15-19)16-28-12-9-18-13-20(33(4,30)31)5-6-21(18)28/h5-6,9,12-15,17H,7-8,10-11,16H2,1-4H3. The number of hydrogen-bond acceptors (Lipinski definition) is 6. The molecule has 9 heteroatoms. The van der Waals surface area contributed by atoms with Crippen LogP contribution in [0.15, 0.2) is 47.8 Å². The summed E-state index contributed by atoms with van der Waals surface area (Å²) in [6.07, 6.45) is 8.34. The SMILES string of the molecule is CC(C)(C)OC(=O)N1CCC(c2cnc(Cn3ccc4cc(S(C)(=O)=O)ccc43)nc2)CC1. The Labute approximate surface area is 194 Å². The van der Waals surface area contributed by atoms with E-state index >= 15 is 0 Å². The zero-order valence-corrected chi connectivity index (χ0v) is 20.3. The van der Waals surface area contributed by atoms with Gasteiger partial charge in [-0.25, -0.2) is 23.2 Å². The van der Waals surface area contributed by atoms with Gasteiger partial charge in [0.2, 0.25) is 0 Å². The molecule has 2 aromatic heterocycles. The zero-order chi connectivity index (χ0) is 23.8. The van der Waals surface area contributed by atoms with Crippen molar-refractivity contribution >= 4 is 26.8 Å². The van der Waals surface area contributed by atoms with Crippen molar-refractivity contribution in [2.24, 2.45) is 0 Å². The number of carbonyl (C=O) groups excluding carboxylic acids is 1. The summed E-state index contributed by atoms with van der Waals surface area (Å²) in [6.45, 7) is 7.44. The fraction of sp³-hybridized carbons (Fsp3) is 0.458. The number of ether oxygens (including phenoxy) is 1. The molecule has 1 saturated heterocycles. The van der Waals surface area contributed by atoms with E-state index in [0.29, 0.717) is 36.3 Å². The highest BCUT2D eigenvalue weighted by Gasteiger charge is 2.27. The van der Waals surface area contributed by atoms with Crippen LogP contribution in [0, 0.1) is 0 Å². The number of amides is 1. The Hall–Kier alpha value is -2.94. The first-order chi connectivity index (χ1) is 15.5. The van der Waals surface area contributed by atoms with E-state index in [9.17, 15) is 13.2 Å². The molecule has 8 nitrogen and oxygen atoms in total. The monoisotopic (exact) mass is 470 g/mol. The minimum atomic E-state index is -3.24. The number of fused-ring (bicyclic) bond motifs is 1. The van der Waals surface area contributed by atoms with Crippen molar-refractivity contribution < 1.29 is 17.9 Å². The van der Waals surface area contributed by atoms with Crippen LogP contribution in [0.5, 0.6) is 0 Å². The first-order valence-electron chi connectivity index (χ1n) is 11.1. The minimum absolute atomic E-state index is 0.254. The van der Waals surface area contributed by atoms with Gasteiger partial charge >= 0.3 is 6.09 Å². The Morgan fingerprint density at radius 3 is 2.39 bits per heavy atom.